The number of aliphatic carboxylic acids is 2. The number of rotatable bonds is 5. The summed E-state index contributed by atoms with van der Waals surface area (Å²) in [6.07, 6.45) is 4.39. The fourth-order valence-corrected chi connectivity index (χ4v) is 3.58. The number of nitrogens with two attached hydrogens (primary N) is 1. The van der Waals surface area contributed by atoms with Crippen molar-refractivity contribution in [3.8, 4) is 11.3 Å². The summed E-state index contributed by atoms with van der Waals surface area (Å²) in [5, 5.41) is 15.6. The van der Waals surface area contributed by atoms with Crippen molar-refractivity contribution >= 4 is 11.9 Å². The van der Waals surface area contributed by atoms with E-state index in [1.165, 1.54) is 27.9 Å². The number of carboxylic acids is 2. The van der Waals surface area contributed by atoms with Crippen molar-refractivity contribution in [2.24, 2.45) is 5.73 Å². The number of carbonyl (C=O) groups is 2. The van der Waals surface area contributed by atoms with Crippen molar-refractivity contribution in [3.05, 3.63) is 59.3 Å². The molecule has 0 amide bonds. The van der Waals surface area contributed by atoms with Crippen LogP contribution in [0.3, 0.4) is 0 Å². The molecule has 1 heterocycles. The molecule has 6 nitrogen and oxygen atoms in total. The molecule has 0 spiro atoms. The number of benzene rings is 1. The molecular weight excluding hydrogens is 356 g/mol. The third kappa shape index (κ3) is 4.51. The Morgan fingerprint density at radius 2 is 1.75 bits per heavy atom. The van der Waals surface area contributed by atoms with E-state index in [-0.39, 0.29) is 11.5 Å². The van der Waals surface area contributed by atoms with Crippen LogP contribution in [0.15, 0.2) is 42.6 Å². The maximum absolute atomic E-state index is 9.55. The minimum Gasteiger partial charge on any atom is -0.478 e. The predicted octanol–water partition coefficient (Wildman–Crippen LogP) is 3.42. The van der Waals surface area contributed by atoms with Gasteiger partial charge in [0.25, 0.3) is 0 Å². The maximum Gasteiger partial charge on any atom is 0.328 e. The molecule has 0 aliphatic heterocycles. The van der Waals surface area contributed by atoms with Gasteiger partial charge in [0.2, 0.25) is 0 Å². The van der Waals surface area contributed by atoms with Gasteiger partial charge in [-0.1, -0.05) is 32.9 Å². The molecule has 1 atom stereocenters. The summed E-state index contributed by atoms with van der Waals surface area (Å²) in [4.78, 5) is 19.1. The average Bonchev–Trinajstić information content (AvgIpc) is 3.12. The summed E-state index contributed by atoms with van der Waals surface area (Å²) < 4.78 is 2.33. The molecule has 0 saturated heterocycles. The third-order valence-electron chi connectivity index (χ3n) is 4.91. The monoisotopic (exact) mass is 384 g/mol. The zero-order valence-electron chi connectivity index (χ0n) is 16.8. The number of hydrogen-bond acceptors (Lipinski definition) is 3. The van der Waals surface area contributed by atoms with E-state index < -0.39 is 11.9 Å². The summed E-state index contributed by atoms with van der Waals surface area (Å²) in [5.74, 6) is -2.51. The van der Waals surface area contributed by atoms with E-state index >= 15 is 0 Å². The predicted molar refractivity (Wildman–Crippen MR) is 109 cm³/mol. The summed E-state index contributed by atoms with van der Waals surface area (Å²) in [6, 6.07) is 9.38. The van der Waals surface area contributed by atoms with E-state index in [1.54, 1.807) is 0 Å². The molecule has 1 aromatic heterocycles. The normalized spacial score (nSPS) is 14.8. The van der Waals surface area contributed by atoms with Crippen molar-refractivity contribution < 1.29 is 19.8 Å². The lowest BCUT2D eigenvalue weighted by molar-refractivity contribution is -0.134. The van der Waals surface area contributed by atoms with Crippen LogP contribution in [0, 0.1) is 0 Å². The number of hydrogen-bond donors (Lipinski definition) is 3. The van der Waals surface area contributed by atoms with Crippen LogP contribution in [0.4, 0.5) is 0 Å². The van der Waals surface area contributed by atoms with Crippen LogP contribution in [0.5, 0.6) is 0 Å². The van der Waals surface area contributed by atoms with Crippen LogP contribution >= 0.6 is 0 Å². The Bertz CT molecular complexity index is 891. The first-order valence-electron chi connectivity index (χ1n) is 9.30. The lowest BCUT2D eigenvalue weighted by Crippen LogP contribution is -2.22. The van der Waals surface area contributed by atoms with Gasteiger partial charge in [-0.15, -0.1) is 0 Å². The van der Waals surface area contributed by atoms with Crippen molar-refractivity contribution in [2.75, 3.05) is 0 Å². The number of carboxylic acid groups (broad SMARTS) is 2. The Morgan fingerprint density at radius 3 is 2.25 bits per heavy atom. The number of aryl methyl sites for hydroxylation is 1. The Morgan fingerprint density at radius 1 is 1.14 bits per heavy atom. The lowest BCUT2D eigenvalue weighted by atomic mass is 9.83. The van der Waals surface area contributed by atoms with Gasteiger partial charge in [0.1, 0.15) is 0 Å². The molecule has 1 aromatic carbocycles. The average molecular weight is 384 g/mol. The van der Waals surface area contributed by atoms with Crippen molar-refractivity contribution in [1.82, 2.24) is 4.57 Å². The van der Waals surface area contributed by atoms with Crippen molar-refractivity contribution in [2.45, 2.75) is 52.1 Å². The van der Waals surface area contributed by atoms with Crippen LogP contribution in [-0.4, -0.2) is 32.8 Å². The van der Waals surface area contributed by atoms with Crippen LogP contribution in [0.25, 0.3) is 11.3 Å². The molecule has 150 valence electrons. The van der Waals surface area contributed by atoms with E-state index in [1.807, 2.05) is 0 Å². The second kappa shape index (κ2) is 8.44. The van der Waals surface area contributed by atoms with Gasteiger partial charge in [-0.3, -0.25) is 0 Å². The third-order valence-corrected chi connectivity index (χ3v) is 4.91. The lowest BCUT2D eigenvalue weighted by Gasteiger charge is -2.20. The first kappa shape index (κ1) is 21.4. The van der Waals surface area contributed by atoms with Gasteiger partial charge in [-0.05, 0) is 42.2 Å². The van der Waals surface area contributed by atoms with Gasteiger partial charge >= 0.3 is 11.9 Å². The molecule has 3 rings (SSSR count). The molecule has 0 fully saturated rings. The Kier molecular flexibility index (Phi) is 6.46. The molecule has 1 aliphatic rings. The van der Waals surface area contributed by atoms with Crippen molar-refractivity contribution in [1.29, 1.82) is 0 Å². The summed E-state index contributed by atoms with van der Waals surface area (Å²) in [7, 11) is 0. The van der Waals surface area contributed by atoms with Crippen LogP contribution in [0.2, 0.25) is 0 Å². The minimum atomic E-state index is -1.26. The van der Waals surface area contributed by atoms with Crippen LogP contribution < -0.4 is 5.73 Å². The van der Waals surface area contributed by atoms with Crippen LogP contribution in [-0.2, 0) is 28.0 Å². The second-order valence-electron chi connectivity index (χ2n) is 7.58. The van der Waals surface area contributed by atoms with E-state index in [0.29, 0.717) is 12.2 Å². The number of aromatic nitrogens is 1. The van der Waals surface area contributed by atoms with Gasteiger partial charge in [-0.25, -0.2) is 9.59 Å². The maximum atomic E-state index is 9.55. The molecule has 0 bridgehead atoms. The molecule has 0 saturated carbocycles. The number of fused-ring (bicyclic) bond motifs is 3. The van der Waals surface area contributed by atoms with E-state index in [9.17, 15) is 9.59 Å². The highest BCUT2D eigenvalue weighted by Crippen LogP contribution is 2.49. The molecule has 1 aliphatic carbocycles. The zero-order valence-corrected chi connectivity index (χ0v) is 16.8. The molecule has 6 heteroatoms. The SMILES string of the molecule is CCc1ccc2c(c1)-c1c(ccn1C[C@H](C)N)C2(C)C.O=C(O)C=CC(=O)O. The molecule has 0 radical (unpaired) electrons. The van der Waals surface area contributed by atoms with Gasteiger partial charge in [0.05, 0.1) is 5.69 Å². The highest BCUT2D eigenvalue weighted by Gasteiger charge is 2.37. The van der Waals surface area contributed by atoms with Gasteiger partial charge in [-0.2, -0.15) is 0 Å². The zero-order chi connectivity index (χ0) is 21.1. The Labute approximate surface area is 165 Å². The fourth-order valence-electron chi connectivity index (χ4n) is 3.58. The van der Waals surface area contributed by atoms with Crippen molar-refractivity contribution in [3.63, 3.8) is 0 Å². The van der Waals surface area contributed by atoms with Gasteiger partial charge < -0.3 is 20.5 Å². The highest BCUT2D eigenvalue weighted by molar-refractivity contribution is 5.89. The molecular formula is C22H28N2O4. The standard InChI is InChI=1S/C18H24N2.C4H4O4/c1-5-13-6-7-15-14(10-13)17-16(18(15,3)4)8-9-20(17)11-12(2)19;5-3(6)1-2-4(7)8/h6-10,12H,5,11,19H2,1-4H3;1-2H,(H,5,6)(H,7,8)/t12-;/m0./s1. The topological polar surface area (TPSA) is 106 Å². The Balaban J connectivity index is 0.000000300. The molecule has 0 unspecified atom stereocenters. The van der Waals surface area contributed by atoms with E-state index in [4.69, 9.17) is 15.9 Å². The summed E-state index contributed by atoms with van der Waals surface area (Å²) >= 11 is 0. The molecule has 4 N–H and O–H groups in total. The molecule has 2 aromatic rings. The quantitative estimate of drug-likeness (QED) is 0.685. The first-order chi connectivity index (χ1) is 13.1. The van der Waals surface area contributed by atoms with E-state index in [2.05, 4.69) is 62.7 Å². The smallest absolute Gasteiger partial charge is 0.328 e. The summed E-state index contributed by atoms with van der Waals surface area (Å²) in [5.41, 5.74) is 13.1. The Hall–Kier alpha value is -2.86. The van der Waals surface area contributed by atoms with Gasteiger partial charge in [0, 0.05) is 41.9 Å². The van der Waals surface area contributed by atoms with E-state index in [0.717, 1.165) is 13.0 Å². The minimum absolute atomic E-state index is 0.0972. The highest BCUT2D eigenvalue weighted by atomic mass is 16.4. The number of nitrogens with zero attached hydrogens (tertiary/aromatic N) is 1. The largest absolute Gasteiger partial charge is 0.478 e. The second-order valence-corrected chi connectivity index (χ2v) is 7.58. The first-order valence-corrected chi connectivity index (χ1v) is 9.30. The summed E-state index contributed by atoms with van der Waals surface area (Å²) in [6.45, 7) is 9.79. The molecule has 28 heavy (non-hydrogen) atoms. The van der Waals surface area contributed by atoms with Gasteiger partial charge in [0.15, 0.2) is 0 Å². The fraction of sp³-hybridized carbons (Fsp3) is 0.364. The van der Waals surface area contributed by atoms with Crippen LogP contribution in [0.1, 0.15) is 44.4 Å².